The lowest BCUT2D eigenvalue weighted by molar-refractivity contribution is -0.125. The molecule has 25 heavy (non-hydrogen) atoms. The van der Waals surface area contributed by atoms with E-state index in [0.29, 0.717) is 5.88 Å². The van der Waals surface area contributed by atoms with E-state index < -0.39 is 0 Å². The number of para-hydroxylation sites is 1. The molecule has 3 rings (SSSR count). The molecule has 1 aliphatic heterocycles. The van der Waals surface area contributed by atoms with Crippen LogP contribution in [-0.2, 0) is 4.79 Å². The van der Waals surface area contributed by atoms with E-state index in [9.17, 15) is 4.79 Å². The molecule has 132 valence electrons. The number of ether oxygens (including phenoxy) is 1. The Morgan fingerprint density at radius 1 is 1.24 bits per heavy atom. The third-order valence-electron chi connectivity index (χ3n) is 4.33. The van der Waals surface area contributed by atoms with E-state index in [1.54, 1.807) is 0 Å². The first-order valence-corrected chi connectivity index (χ1v) is 8.84. The molecule has 6 heteroatoms. The second kappa shape index (κ2) is 8.46. The van der Waals surface area contributed by atoms with Gasteiger partial charge in [-0.1, -0.05) is 25.1 Å². The van der Waals surface area contributed by atoms with Gasteiger partial charge in [0, 0.05) is 31.6 Å². The smallest absolute Gasteiger partial charge is 0.224 e. The topological polar surface area (TPSA) is 67.4 Å². The highest BCUT2D eigenvalue weighted by atomic mass is 16.5. The predicted octanol–water partition coefficient (Wildman–Crippen LogP) is 3.01. The number of nitrogens with one attached hydrogen (secondary N) is 1. The van der Waals surface area contributed by atoms with E-state index in [1.165, 1.54) is 6.33 Å². The van der Waals surface area contributed by atoms with Crippen LogP contribution in [0.4, 0.5) is 5.82 Å². The van der Waals surface area contributed by atoms with Crippen molar-refractivity contribution in [3.8, 4) is 11.6 Å². The van der Waals surface area contributed by atoms with Crippen molar-refractivity contribution in [2.45, 2.75) is 26.2 Å². The van der Waals surface area contributed by atoms with Gasteiger partial charge >= 0.3 is 0 Å². The summed E-state index contributed by atoms with van der Waals surface area (Å²) in [6, 6.07) is 11.4. The number of nitrogens with zero attached hydrogens (tertiary/aromatic N) is 3. The molecule has 6 nitrogen and oxygen atoms in total. The third kappa shape index (κ3) is 4.68. The molecule has 2 aromatic rings. The van der Waals surface area contributed by atoms with E-state index in [2.05, 4.69) is 27.1 Å². The molecule has 0 unspecified atom stereocenters. The Hall–Kier alpha value is -2.63. The summed E-state index contributed by atoms with van der Waals surface area (Å²) in [6.45, 7) is 4.44. The molecule has 1 aliphatic rings. The van der Waals surface area contributed by atoms with Gasteiger partial charge in [-0.2, -0.15) is 0 Å². The number of hydrogen-bond acceptors (Lipinski definition) is 5. The molecule has 1 aromatic carbocycles. The van der Waals surface area contributed by atoms with E-state index in [1.807, 2.05) is 36.4 Å². The van der Waals surface area contributed by atoms with Crippen molar-refractivity contribution in [3.05, 3.63) is 42.7 Å². The second-order valence-electron chi connectivity index (χ2n) is 6.18. The van der Waals surface area contributed by atoms with Gasteiger partial charge in [-0.3, -0.25) is 4.79 Å². The monoisotopic (exact) mass is 340 g/mol. The van der Waals surface area contributed by atoms with Crippen molar-refractivity contribution in [1.29, 1.82) is 0 Å². The summed E-state index contributed by atoms with van der Waals surface area (Å²) in [5, 5.41) is 2.99. The molecular weight excluding hydrogens is 316 g/mol. The first-order chi connectivity index (χ1) is 12.3. The minimum atomic E-state index is 0.102. The Morgan fingerprint density at radius 3 is 2.72 bits per heavy atom. The van der Waals surface area contributed by atoms with Crippen LogP contribution in [0.1, 0.15) is 26.2 Å². The molecule has 1 fully saturated rings. The van der Waals surface area contributed by atoms with Gasteiger partial charge < -0.3 is 15.0 Å². The maximum atomic E-state index is 12.1. The maximum Gasteiger partial charge on any atom is 0.224 e. The number of aromatic nitrogens is 2. The highest BCUT2D eigenvalue weighted by molar-refractivity contribution is 5.78. The zero-order valence-electron chi connectivity index (χ0n) is 14.5. The highest BCUT2D eigenvalue weighted by Crippen LogP contribution is 2.25. The molecule has 0 bridgehead atoms. The Kier molecular flexibility index (Phi) is 5.82. The third-order valence-corrected chi connectivity index (χ3v) is 4.33. The van der Waals surface area contributed by atoms with Gasteiger partial charge in [0.1, 0.15) is 17.9 Å². The van der Waals surface area contributed by atoms with Crippen LogP contribution in [-0.4, -0.2) is 35.5 Å². The molecule has 0 atom stereocenters. The van der Waals surface area contributed by atoms with Gasteiger partial charge in [0.05, 0.1) is 0 Å². The van der Waals surface area contributed by atoms with E-state index in [4.69, 9.17) is 4.74 Å². The van der Waals surface area contributed by atoms with Crippen LogP contribution in [0.5, 0.6) is 11.6 Å². The first-order valence-electron chi connectivity index (χ1n) is 8.84. The lowest BCUT2D eigenvalue weighted by Crippen LogP contribution is -2.41. The van der Waals surface area contributed by atoms with E-state index >= 15 is 0 Å². The highest BCUT2D eigenvalue weighted by Gasteiger charge is 2.25. The maximum absolute atomic E-state index is 12.1. The zero-order valence-corrected chi connectivity index (χ0v) is 14.5. The Morgan fingerprint density at radius 2 is 2.00 bits per heavy atom. The minimum Gasteiger partial charge on any atom is -0.439 e. The van der Waals surface area contributed by atoms with Gasteiger partial charge in [0.15, 0.2) is 0 Å². The summed E-state index contributed by atoms with van der Waals surface area (Å²) < 4.78 is 5.77. The fourth-order valence-electron chi connectivity index (χ4n) is 2.93. The van der Waals surface area contributed by atoms with Crippen LogP contribution < -0.4 is 15.0 Å². The van der Waals surface area contributed by atoms with Crippen LogP contribution >= 0.6 is 0 Å². The van der Waals surface area contributed by atoms with Crippen LogP contribution in [0.3, 0.4) is 0 Å². The van der Waals surface area contributed by atoms with Gasteiger partial charge in [0.25, 0.3) is 0 Å². The molecule has 0 radical (unpaired) electrons. The Balaban J connectivity index is 1.58. The van der Waals surface area contributed by atoms with E-state index in [-0.39, 0.29) is 11.8 Å². The molecule has 1 N–H and O–H groups in total. The van der Waals surface area contributed by atoms with Crippen molar-refractivity contribution in [2.75, 3.05) is 24.5 Å². The van der Waals surface area contributed by atoms with Crippen molar-refractivity contribution in [2.24, 2.45) is 5.92 Å². The van der Waals surface area contributed by atoms with Crippen LogP contribution in [0.2, 0.25) is 0 Å². The van der Waals surface area contributed by atoms with Crippen LogP contribution in [0, 0.1) is 5.92 Å². The zero-order chi connectivity index (χ0) is 17.5. The first kappa shape index (κ1) is 17.2. The molecule has 1 aromatic heterocycles. The Labute approximate surface area is 148 Å². The van der Waals surface area contributed by atoms with Crippen molar-refractivity contribution < 1.29 is 9.53 Å². The normalized spacial score (nSPS) is 15.0. The predicted molar refractivity (Wildman–Crippen MR) is 96.8 cm³/mol. The molecule has 0 aliphatic carbocycles. The average molecular weight is 340 g/mol. The van der Waals surface area contributed by atoms with Crippen LogP contribution in [0.15, 0.2) is 42.7 Å². The summed E-state index contributed by atoms with van der Waals surface area (Å²) in [7, 11) is 0. The minimum absolute atomic E-state index is 0.102. The lowest BCUT2D eigenvalue weighted by Gasteiger charge is -2.32. The van der Waals surface area contributed by atoms with Gasteiger partial charge in [-0.15, -0.1) is 0 Å². The Bertz CT molecular complexity index is 685. The fourth-order valence-corrected chi connectivity index (χ4v) is 2.93. The second-order valence-corrected chi connectivity index (χ2v) is 6.18. The fraction of sp³-hybridized carbons (Fsp3) is 0.421. The number of amides is 1. The number of piperidine rings is 1. The lowest BCUT2D eigenvalue weighted by atomic mass is 9.96. The van der Waals surface area contributed by atoms with E-state index in [0.717, 1.165) is 50.5 Å². The molecular formula is C19H24N4O2. The number of hydrogen-bond donors (Lipinski definition) is 1. The summed E-state index contributed by atoms with van der Waals surface area (Å²) >= 11 is 0. The quantitative estimate of drug-likeness (QED) is 0.875. The molecule has 0 saturated carbocycles. The number of carbonyl (C=O) groups is 1. The number of anilines is 1. The van der Waals surface area contributed by atoms with Crippen LogP contribution in [0.25, 0.3) is 0 Å². The molecule has 1 saturated heterocycles. The average Bonchev–Trinajstić information content (AvgIpc) is 2.67. The van der Waals surface area contributed by atoms with Gasteiger partial charge in [0.2, 0.25) is 11.8 Å². The van der Waals surface area contributed by atoms with Crippen molar-refractivity contribution in [1.82, 2.24) is 15.3 Å². The van der Waals surface area contributed by atoms with Crippen molar-refractivity contribution >= 4 is 11.7 Å². The number of benzene rings is 1. The van der Waals surface area contributed by atoms with Crippen molar-refractivity contribution in [3.63, 3.8) is 0 Å². The largest absolute Gasteiger partial charge is 0.439 e. The summed E-state index contributed by atoms with van der Waals surface area (Å²) in [4.78, 5) is 22.8. The molecule has 2 heterocycles. The number of rotatable bonds is 6. The number of carbonyl (C=O) groups excluding carboxylic acids is 1. The standard InChI is InChI=1S/C19H24N4O2/c1-2-10-20-19(24)15-8-11-23(12-9-15)17-13-18(22-14-21-17)25-16-6-4-3-5-7-16/h3-7,13-15H,2,8-12H2,1H3,(H,20,24). The van der Waals surface area contributed by atoms with Gasteiger partial charge in [-0.05, 0) is 31.4 Å². The van der Waals surface area contributed by atoms with Gasteiger partial charge in [-0.25, -0.2) is 9.97 Å². The summed E-state index contributed by atoms with van der Waals surface area (Å²) in [5.41, 5.74) is 0. The summed E-state index contributed by atoms with van der Waals surface area (Å²) in [5.74, 6) is 2.40. The molecule has 0 spiro atoms. The SMILES string of the molecule is CCCNC(=O)C1CCN(c2cc(Oc3ccccc3)ncn2)CC1. The molecule has 1 amide bonds. The summed E-state index contributed by atoms with van der Waals surface area (Å²) in [6.07, 6.45) is 4.17.